The molecule has 0 aromatic carbocycles. The Labute approximate surface area is 99.1 Å². The molecular weight excluding hydrogens is 200 g/mol. The van der Waals surface area contributed by atoms with Crippen molar-refractivity contribution in [2.75, 3.05) is 0 Å². The zero-order chi connectivity index (χ0) is 12.0. The number of rotatable bonds is 1. The lowest BCUT2D eigenvalue weighted by atomic mass is 9.55. The summed E-state index contributed by atoms with van der Waals surface area (Å²) in [5.41, 5.74) is -0.252. The minimum absolute atomic E-state index is 0.135. The molecule has 0 aromatic rings. The van der Waals surface area contributed by atoms with Gasteiger partial charge >= 0.3 is 0 Å². The zero-order valence-corrected chi connectivity index (χ0v) is 10.9. The van der Waals surface area contributed by atoms with Crippen molar-refractivity contribution in [3.05, 3.63) is 0 Å². The molecule has 0 saturated heterocycles. The second kappa shape index (κ2) is 3.99. The maximum atomic E-state index is 10.2. The molecule has 2 nitrogen and oxygen atoms in total. The second-order valence-electron chi connectivity index (χ2n) is 6.85. The number of fused-ring (bicyclic) bond motifs is 1. The van der Waals surface area contributed by atoms with Crippen LogP contribution in [0.2, 0.25) is 0 Å². The Bertz CT molecular complexity index is 256. The van der Waals surface area contributed by atoms with E-state index in [2.05, 4.69) is 6.92 Å². The first-order valence-corrected chi connectivity index (χ1v) is 6.73. The lowest BCUT2D eigenvalue weighted by Gasteiger charge is -2.51. The number of aliphatic hydroxyl groups is 2. The molecule has 2 heteroatoms. The van der Waals surface area contributed by atoms with Crippen LogP contribution in [-0.2, 0) is 0 Å². The number of hydrogen-bond donors (Lipinski definition) is 2. The Morgan fingerprint density at radius 1 is 1.19 bits per heavy atom. The Hall–Kier alpha value is -0.0800. The normalized spacial score (nSPS) is 45.2. The minimum atomic E-state index is -0.585. The van der Waals surface area contributed by atoms with Gasteiger partial charge in [0.1, 0.15) is 0 Å². The Morgan fingerprint density at radius 2 is 1.88 bits per heavy atom. The highest BCUT2D eigenvalue weighted by atomic mass is 16.3. The predicted octanol–water partition coefficient (Wildman–Crippen LogP) is 2.72. The summed E-state index contributed by atoms with van der Waals surface area (Å²) >= 11 is 0. The summed E-state index contributed by atoms with van der Waals surface area (Å²) in [6.45, 7) is 6.16. The summed E-state index contributed by atoms with van der Waals surface area (Å²) in [4.78, 5) is 0. The molecule has 4 atom stereocenters. The zero-order valence-electron chi connectivity index (χ0n) is 10.9. The molecular formula is C14H26O2. The lowest BCUT2D eigenvalue weighted by Crippen LogP contribution is -2.48. The maximum absolute atomic E-state index is 10.2. The van der Waals surface area contributed by atoms with Crippen molar-refractivity contribution in [2.45, 2.75) is 71.0 Å². The van der Waals surface area contributed by atoms with Gasteiger partial charge in [-0.3, -0.25) is 0 Å². The van der Waals surface area contributed by atoms with Crippen molar-refractivity contribution >= 4 is 0 Å². The summed E-state index contributed by atoms with van der Waals surface area (Å²) in [6.07, 6.45) is 6.53. The first kappa shape index (κ1) is 12.4. The van der Waals surface area contributed by atoms with Gasteiger partial charge < -0.3 is 10.2 Å². The van der Waals surface area contributed by atoms with Gasteiger partial charge in [-0.1, -0.05) is 13.3 Å². The third kappa shape index (κ3) is 2.14. The van der Waals surface area contributed by atoms with Crippen LogP contribution in [-0.4, -0.2) is 21.9 Å². The van der Waals surface area contributed by atoms with E-state index in [1.807, 2.05) is 13.8 Å². The quantitative estimate of drug-likeness (QED) is 0.721. The summed E-state index contributed by atoms with van der Waals surface area (Å²) < 4.78 is 0. The molecule has 0 unspecified atom stereocenters. The van der Waals surface area contributed by atoms with Crippen LogP contribution in [0.15, 0.2) is 0 Å². The van der Waals surface area contributed by atoms with Crippen molar-refractivity contribution in [1.29, 1.82) is 0 Å². The molecule has 16 heavy (non-hydrogen) atoms. The van der Waals surface area contributed by atoms with Crippen LogP contribution in [0.3, 0.4) is 0 Å². The van der Waals surface area contributed by atoms with Gasteiger partial charge in [0.2, 0.25) is 0 Å². The SMILES string of the molecule is CC(C)(O)[C@@H]1CC[C@]2(C)CCC[C@H](O)[C@@H]2C1. The standard InChI is InChI=1S/C14H26O2/c1-13(2,16)10-6-8-14(3)7-4-5-12(15)11(14)9-10/h10-12,15-16H,4-9H2,1-3H3/t10-,11+,12+,14+/m1/s1. The van der Waals surface area contributed by atoms with Crippen molar-refractivity contribution in [2.24, 2.45) is 17.3 Å². The topological polar surface area (TPSA) is 40.5 Å². The highest BCUT2D eigenvalue weighted by molar-refractivity contribution is 4.98. The summed E-state index contributed by atoms with van der Waals surface area (Å²) in [5, 5.41) is 20.3. The van der Waals surface area contributed by atoms with Crippen molar-refractivity contribution < 1.29 is 10.2 Å². The van der Waals surface area contributed by atoms with Gasteiger partial charge in [-0.25, -0.2) is 0 Å². The molecule has 0 radical (unpaired) electrons. The van der Waals surface area contributed by atoms with Crippen molar-refractivity contribution in [3.63, 3.8) is 0 Å². The average molecular weight is 226 g/mol. The van der Waals surface area contributed by atoms with E-state index in [1.165, 1.54) is 19.3 Å². The van der Waals surface area contributed by atoms with Gasteiger partial charge in [-0.15, -0.1) is 0 Å². The molecule has 2 fully saturated rings. The maximum Gasteiger partial charge on any atom is 0.0619 e. The average Bonchev–Trinajstić information content (AvgIpc) is 2.15. The van der Waals surface area contributed by atoms with Crippen LogP contribution >= 0.6 is 0 Å². The van der Waals surface area contributed by atoms with Gasteiger partial charge in [0.25, 0.3) is 0 Å². The molecule has 0 bridgehead atoms. The van der Waals surface area contributed by atoms with E-state index >= 15 is 0 Å². The first-order chi connectivity index (χ1) is 7.33. The third-order valence-corrected chi connectivity index (χ3v) is 5.21. The van der Waals surface area contributed by atoms with E-state index in [9.17, 15) is 10.2 Å². The summed E-state index contributed by atoms with van der Waals surface area (Å²) in [6, 6.07) is 0. The van der Waals surface area contributed by atoms with E-state index in [1.54, 1.807) is 0 Å². The van der Waals surface area contributed by atoms with E-state index < -0.39 is 5.60 Å². The Morgan fingerprint density at radius 3 is 2.50 bits per heavy atom. The molecule has 2 saturated carbocycles. The van der Waals surface area contributed by atoms with Crippen LogP contribution in [0, 0.1) is 17.3 Å². The van der Waals surface area contributed by atoms with E-state index in [0.29, 0.717) is 17.3 Å². The van der Waals surface area contributed by atoms with Crippen LogP contribution in [0.1, 0.15) is 59.3 Å². The monoisotopic (exact) mass is 226 g/mol. The third-order valence-electron chi connectivity index (χ3n) is 5.21. The fourth-order valence-corrected chi connectivity index (χ4v) is 3.89. The summed E-state index contributed by atoms with van der Waals surface area (Å²) in [7, 11) is 0. The largest absolute Gasteiger partial charge is 0.393 e. The van der Waals surface area contributed by atoms with Gasteiger partial charge in [0.05, 0.1) is 11.7 Å². The first-order valence-electron chi connectivity index (χ1n) is 6.73. The number of hydrogen-bond acceptors (Lipinski definition) is 2. The van der Waals surface area contributed by atoms with Crippen molar-refractivity contribution in [3.8, 4) is 0 Å². The summed E-state index contributed by atoms with van der Waals surface area (Å²) in [5.74, 6) is 0.768. The fraction of sp³-hybridized carbons (Fsp3) is 1.00. The highest BCUT2D eigenvalue weighted by Crippen LogP contribution is 2.53. The van der Waals surface area contributed by atoms with Crippen LogP contribution in [0.25, 0.3) is 0 Å². The molecule has 2 aliphatic carbocycles. The Kier molecular flexibility index (Phi) is 3.09. The molecule has 0 heterocycles. The van der Waals surface area contributed by atoms with Crippen LogP contribution in [0.5, 0.6) is 0 Å². The van der Waals surface area contributed by atoms with Crippen LogP contribution in [0.4, 0.5) is 0 Å². The van der Waals surface area contributed by atoms with E-state index in [0.717, 1.165) is 19.3 Å². The lowest BCUT2D eigenvalue weighted by molar-refractivity contribution is -0.0964. The van der Waals surface area contributed by atoms with Crippen molar-refractivity contribution in [1.82, 2.24) is 0 Å². The predicted molar refractivity (Wildman–Crippen MR) is 65.1 cm³/mol. The Balaban J connectivity index is 2.12. The van der Waals surface area contributed by atoms with E-state index in [-0.39, 0.29) is 6.10 Å². The molecule has 0 aliphatic heterocycles. The molecule has 0 aromatic heterocycles. The number of aliphatic hydroxyl groups excluding tert-OH is 1. The van der Waals surface area contributed by atoms with E-state index in [4.69, 9.17) is 0 Å². The van der Waals surface area contributed by atoms with Gasteiger partial charge in [0.15, 0.2) is 0 Å². The van der Waals surface area contributed by atoms with Gasteiger partial charge in [-0.2, -0.15) is 0 Å². The fourth-order valence-electron chi connectivity index (χ4n) is 3.89. The molecule has 2 N–H and O–H groups in total. The second-order valence-corrected chi connectivity index (χ2v) is 6.85. The molecule has 0 amide bonds. The minimum Gasteiger partial charge on any atom is -0.393 e. The molecule has 2 rings (SSSR count). The smallest absolute Gasteiger partial charge is 0.0619 e. The van der Waals surface area contributed by atoms with Crippen LogP contribution < -0.4 is 0 Å². The molecule has 2 aliphatic rings. The molecule has 0 spiro atoms. The van der Waals surface area contributed by atoms with Gasteiger partial charge in [0, 0.05) is 0 Å². The highest BCUT2D eigenvalue weighted by Gasteiger charge is 2.47. The molecule has 94 valence electrons. The van der Waals surface area contributed by atoms with Gasteiger partial charge in [-0.05, 0) is 63.2 Å².